The molecule has 0 aliphatic carbocycles. The molecule has 0 radical (unpaired) electrons. The monoisotopic (exact) mass is 256 g/mol. The molecule has 1 aromatic carbocycles. The topological polar surface area (TPSA) is 85.2 Å². The Bertz CT molecular complexity index is 598. The largest absolute Gasteiger partial charge is 0.398 e. The van der Waals surface area contributed by atoms with Crippen molar-refractivity contribution in [3.63, 3.8) is 0 Å². The maximum absolute atomic E-state index is 11.1. The zero-order valence-electron chi connectivity index (χ0n) is 10.7. The molecule has 2 rings (SSSR count). The van der Waals surface area contributed by atoms with Crippen LogP contribution in [0.25, 0.3) is 0 Å². The third-order valence-corrected chi connectivity index (χ3v) is 2.88. The summed E-state index contributed by atoms with van der Waals surface area (Å²) in [6.07, 6.45) is 1.57. The van der Waals surface area contributed by atoms with Gasteiger partial charge in [0, 0.05) is 31.0 Å². The van der Waals surface area contributed by atoms with Crippen molar-refractivity contribution in [2.24, 2.45) is 5.73 Å². The van der Waals surface area contributed by atoms with E-state index < -0.39 is 5.91 Å². The Morgan fingerprint density at radius 3 is 2.74 bits per heavy atom. The number of pyridine rings is 1. The highest BCUT2D eigenvalue weighted by Crippen LogP contribution is 2.17. The lowest BCUT2D eigenvalue weighted by molar-refractivity contribution is 0.1000. The van der Waals surface area contributed by atoms with Crippen LogP contribution in [0.15, 0.2) is 42.6 Å². The fraction of sp³-hybridized carbons (Fsp3) is 0.143. The fourth-order valence-corrected chi connectivity index (χ4v) is 1.80. The summed E-state index contributed by atoms with van der Waals surface area (Å²) in [6.45, 7) is 0.613. The first kappa shape index (κ1) is 12.9. The van der Waals surface area contributed by atoms with Crippen LogP contribution in [0.2, 0.25) is 0 Å². The fourth-order valence-electron chi connectivity index (χ4n) is 1.80. The van der Waals surface area contributed by atoms with Gasteiger partial charge in [0.25, 0.3) is 0 Å². The molecule has 2 aromatic rings. The molecule has 0 atom stereocenters. The van der Waals surface area contributed by atoms with E-state index in [9.17, 15) is 4.79 Å². The van der Waals surface area contributed by atoms with Crippen LogP contribution in [0, 0.1) is 0 Å². The normalized spacial score (nSPS) is 10.2. The van der Waals surface area contributed by atoms with E-state index in [1.165, 1.54) is 0 Å². The van der Waals surface area contributed by atoms with Gasteiger partial charge in [-0.25, -0.2) is 4.98 Å². The van der Waals surface area contributed by atoms with E-state index in [2.05, 4.69) is 4.98 Å². The van der Waals surface area contributed by atoms with Crippen LogP contribution in [0.3, 0.4) is 0 Å². The van der Waals surface area contributed by atoms with Crippen LogP contribution in [-0.4, -0.2) is 17.9 Å². The van der Waals surface area contributed by atoms with Crippen LogP contribution < -0.4 is 16.4 Å². The number of anilines is 2. The average Bonchev–Trinajstić information content (AvgIpc) is 2.41. The Labute approximate surface area is 111 Å². The molecule has 0 spiro atoms. The van der Waals surface area contributed by atoms with E-state index >= 15 is 0 Å². The highest BCUT2D eigenvalue weighted by molar-refractivity contribution is 5.93. The van der Waals surface area contributed by atoms with Gasteiger partial charge >= 0.3 is 0 Å². The molecule has 0 saturated carbocycles. The number of primary amides is 1. The number of hydrogen-bond donors (Lipinski definition) is 2. The van der Waals surface area contributed by atoms with E-state index in [-0.39, 0.29) is 0 Å². The summed E-state index contributed by atoms with van der Waals surface area (Å²) < 4.78 is 0. The van der Waals surface area contributed by atoms with Crippen molar-refractivity contribution in [3.05, 3.63) is 53.7 Å². The van der Waals surface area contributed by atoms with Gasteiger partial charge in [0.15, 0.2) is 0 Å². The van der Waals surface area contributed by atoms with Crippen molar-refractivity contribution in [1.29, 1.82) is 0 Å². The van der Waals surface area contributed by atoms with Crippen molar-refractivity contribution in [2.45, 2.75) is 6.54 Å². The molecule has 0 bridgehead atoms. The molecule has 5 heteroatoms. The van der Waals surface area contributed by atoms with Gasteiger partial charge in [-0.2, -0.15) is 0 Å². The number of para-hydroxylation sites is 1. The highest BCUT2D eigenvalue weighted by atomic mass is 16.1. The molecule has 0 saturated heterocycles. The molecular formula is C14H16N4O. The number of nitrogens with zero attached hydrogens (tertiary/aromatic N) is 2. The molecule has 4 N–H and O–H groups in total. The average molecular weight is 256 g/mol. The number of rotatable bonds is 4. The number of aromatic nitrogens is 1. The van der Waals surface area contributed by atoms with Crippen LogP contribution in [0.4, 0.5) is 11.5 Å². The summed E-state index contributed by atoms with van der Waals surface area (Å²) in [4.78, 5) is 17.3. The number of amides is 1. The van der Waals surface area contributed by atoms with E-state index in [0.717, 1.165) is 11.3 Å². The van der Waals surface area contributed by atoms with Crippen LogP contribution >= 0.6 is 0 Å². The van der Waals surface area contributed by atoms with Gasteiger partial charge in [0.2, 0.25) is 5.91 Å². The second kappa shape index (κ2) is 5.39. The predicted molar refractivity (Wildman–Crippen MR) is 75.7 cm³/mol. The lowest BCUT2D eigenvalue weighted by Gasteiger charge is -2.19. The number of nitrogen functional groups attached to an aromatic ring is 1. The third kappa shape index (κ3) is 3.01. The second-order valence-corrected chi connectivity index (χ2v) is 4.32. The number of hydrogen-bond acceptors (Lipinski definition) is 4. The Hall–Kier alpha value is -2.56. The first-order valence-corrected chi connectivity index (χ1v) is 5.88. The van der Waals surface area contributed by atoms with Gasteiger partial charge in [-0.1, -0.05) is 18.2 Å². The van der Waals surface area contributed by atoms with Gasteiger partial charge in [0.1, 0.15) is 5.82 Å². The molecule has 98 valence electrons. The molecule has 0 fully saturated rings. The number of carbonyl (C=O) groups is 1. The minimum atomic E-state index is -0.462. The van der Waals surface area contributed by atoms with E-state index in [1.807, 2.05) is 36.2 Å². The third-order valence-electron chi connectivity index (χ3n) is 2.88. The van der Waals surface area contributed by atoms with Crippen LogP contribution in [0.5, 0.6) is 0 Å². The van der Waals surface area contributed by atoms with Gasteiger partial charge in [-0.05, 0) is 23.8 Å². The first-order valence-electron chi connectivity index (χ1n) is 5.88. The summed E-state index contributed by atoms with van der Waals surface area (Å²) >= 11 is 0. The second-order valence-electron chi connectivity index (χ2n) is 4.32. The summed E-state index contributed by atoms with van der Waals surface area (Å²) in [5.41, 5.74) is 13.3. The smallest absolute Gasteiger partial charge is 0.248 e. The summed E-state index contributed by atoms with van der Waals surface area (Å²) in [5.74, 6) is 0.218. The zero-order valence-corrected chi connectivity index (χ0v) is 10.7. The molecule has 1 amide bonds. The number of carbonyl (C=O) groups excluding carboxylic acids is 1. The van der Waals surface area contributed by atoms with E-state index in [4.69, 9.17) is 11.5 Å². The highest BCUT2D eigenvalue weighted by Gasteiger charge is 2.08. The zero-order chi connectivity index (χ0) is 13.8. The van der Waals surface area contributed by atoms with Gasteiger partial charge < -0.3 is 16.4 Å². The lowest BCUT2D eigenvalue weighted by atomic mass is 10.1. The molecule has 1 heterocycles. The molecule has 0 unspecified atom stereocenters. The minimum Gasteiger partial charge on any atom is -0.398 e. The Morgan fingerprint density at radius 1 is 1.32 bits per heavy atom. The molecule has 5 nitrogen and oxygen atoms in total. The summed E-state index contributed by atoms with van der Waals surface area (Å²) in [5, 5.41) is 0. The summed E-state index contributed by atoms with van der Waals surface area (Å²) in [7, 11) is 1.89. The standard InChI is InChI=1S/C14H16N4O/c1-18(9-11-4-2-3-5-12(11)15)13-8-10(14(16)19)6-7-17-13/h2-8H,9,15H2,1H3,(H2,16,19). The van der Waals surface area contributed by atoms with Crippen molar-refractivity contribution < 1.29 is 4.79 Å². The predicted octanol–water partition coefficient (Wildman–Crippen LogP) is 1.40. The quantitative estimate of drug-likeness (QED) is 0.810. The maximum atomic E-state index is 11.1. The summed E-state index contributed by atoms with van der Waals surface area (Å²) in [6, 6.07) is 10.9. The van der Waals surface area contributed by atoms with Crippen molar-refractivity contribution in [2.75, 3.05) is 17.7 Å². The molecule has 0 aliphatic heterocycles. The molecule has 0 aliphatic rings. The Kier molecular flexibility index (Phi) is 3.66. The van der Waals surface area contributed by atoms with Gasteiger partial charge in [-0.3, -0.25) is 4.79 Å². The van der Waals surface area contributed by atoms with Crippen LogP contribution in [-0.2, 0) is 6.54 Å². The minimum absolute atomic E-state index is 0.442. The first-order chi connectivity index (χ1) is 9.08. The van der Waals surface area contributed by atoms with Crippen molar-refractivity contribution in [1.82, 2.24) is 4.98 Å². The SMILES string of the molecule is CN(Cc1ccccc1N)c1cc(C(N)=O)ccn1. The van der Waals surface area contributed by atoms with Gasteiger partial charge in [0.05, 0.1) is 0 Å². The van der Waals surface area contributed by atoms with Crippen molar-refractivity contribution >= 4 is 17.4 Å². The van der Waals surface area contributed by atoms with E-state index in [0.29, 0.717) is 17.9 Å². The maximum Gasteiger partial charge on any atom is 0.248 e. The van der Waals surface area contributed by atoms with E-state index in [1.54, 1.807) is 18.3 Å². The number of benzene rings is 1. The Morgan fingerprint density at radius 2 is 2.05 bits per heavy atom. The Balaban J connectivity index is 2.20. The van der Waals surface area contributed by atoms with Crippen LogP contribution in [0.1, 0.15) is 15.9 Å². The number of nitrogens with two attached hydrogens (primary N) is 2. The lowest BCUT2D eigenvalue weighted by Crippen LogP contribution is -2.20. The van der Waals surface area contributed by atoms with Gasteiger partial charge in [-0.15, -0.1) is 0 Å². The molecule has 19 heavy (non-hydrogen) atoms. The molecule has 1 aromatic heterocycles. The molecular weight excluding hydrogens is 240 g/mol. The van der Waals surface area contributed by atoms with Crippen molar-refractivity contribution in [3.8, 4) is 0 Å².